The molecule has 1 fully saturated rings. The third-order valence-corrected chi connectivity index (χ3v) is 6.82. The lowest BCUT2D eigenvalue weighted by Gasteiger charge is -2.37. The third kappa shape index (κ3) is 4.80. The minimum atomic E-state index is -0.935. The molecule has 190 valence electrons. The van der Waals surface area contributed by atoms with Crippen LogP contribution in [0, 0.1) is 6.92 Å². The second-order valence-electron chi connectivity index (χ2n) is 9.11. The zero-order valence-electron chi connectivity index (χ0n) is 20.4. The van der Waals surface area contributed by atoms with Crippen LogP contribution in [0.1, 0.15) is 34.9 Å². The molecule has 37 heavy (non-hydrogen) atoms. The second kappa shape index (κ2) is 10.7. The molecule has 0 unspecified atom stereocenters. The molecule has 5 rings (SSSR count). The summed E-state index contributed by atoms with van der Waals surface area (Å²) < 4.78 is 14.5. The van der Waals surface area contributed by atoms with Gasteiger partial charge in [0.15, 0.2) is 0 Å². The molecule has 0 aliphatic carbocycles. The Labute approximate surface area is 214 Å². The van der Waals surface area contributed by atoms with Gasteiger partial charge in [-0.2, -0.15) is 0 Å². The first-order valence-corrected chi connectivity index (χ1v) is 12.2. The van der Waals surface area contributed by atoms with E-state index < -0.39 is 35.3 Å². The van der Waals surface area contributed by atoms with Gasteiger partial charge in [-0.05, 0) is 23.6 Å². The Morgan fingerprint density at radius 2 is 1.43 bits per heavy atom. The van der Waals surface area contributed by atoms with Gasteiger partial charge in [0.2, 0.25) is 0 Å². The van der Waals surface area contributed by atoms with E-state index >= 15 is 0 Å². The van der Waals surface area contributed by atoms with E-state index in [2.05, 4.69) is 4.98 Å². The van der Waals surface area contributed by atoms with Crippen molar-refractivity contribution >= 4 is 0 Å². The summed E-state index contributed by atoms with van der Waals surface area (Å²) in [6, 6.07) is 30.1. The first kappa shape index (κ1) is 24.9. The molecule has 8 heteroatoms. The highest BCUT2D eigenvalue weighted by Crippen LogP contribution is 2.41. The minimum absolute atomic E-state index is 0.133. The lowest BCUT2D eigenvalue weighted by Crippen LogP contribution is -2.39. The van der Waals surface area contributed by atoms with Gasteiger partial charge in [0, 0.05) is 18.2 Å². The molecule has 3 aromatic carbocycles. The van der Waals surface area contributed by atoms with Crippen LogP contribution in [0.5, 0.6) is 0 Å². The van der Waals surface area contributed by atoms with E-state index in [4.69, 9.17) is 20.2 Å². The Morgan fingerprint density at radius 3 is 1.92 bits per heavy atom. The molecule has 2 heterocycles. The normalized spacial score (nSPS) is 19.7. The Hall–Kier alpha value is -3.82. The lowest BCUT2D eigenvalue weighted by atomic mass is 9.80. The molecular formula is C29H29N3O5. The monoisotopic (exact) mass is 499 g/mol. The second-order valence-corrected chi connectivity index (χ2v) is 9.11. The molecule has 1 aromatic heterocycles. The summed E-state index contributed by atoms with van der Waals surface area (Å²) in [6.45, 7) is 1.77. The number of H-pyrrole nitrogens is 1. The van der Waals surface area contributed by atoms with Gasteiger partial charge in [0.05, 0.1) is 6.61 Å². The van der Waals surface area contributed by atoms with Gasteiger partial charge in [0.1, 0.15) is 24.0 Å². The van der Waals surface area contributed by atoms with E-state index in [9.17, 15) is 9.59 Å². The summed E-state index contributed by atoms with van der Waals surface area (Å²) in [4.78, 5) is 31.9. The van der Waals surface area contributed by atoms with E-state index in [1.807, 2.05) is 91.0 Å². The van der Waals surface area contributed by atoms with Crippen LogP contribution in [0.2, 0.25) is 0 Å². The molecule has 1 saturated heterocycles. The predicted molar refractivity (Wildman–Crippen MR) is 139 cm³/mol. The first-order valence-electron chi connectivity index (χ1n) is 12.2. The van der Waals surface area contributed by atoms with Gasteiger partial charge >= 0.3 is 5.69 Å². The van der Waals surface area contributed by atoms with Crippen molar-refractivity contribution in [2.24, 2.45) is 5.90 Å². The number of hydrogen-bond acceptors (Lipinski definition) is 6. The van der Waals surface area contributed by atoms with E-state index in [-0.39, 0.29) is 6.61 Å². The average Bonchev–Trinajstić information content (AvgIpc) is 3.36. The van der Waals surface area contributed by atoms with E-state index in [1.165, 1.54) is 10.8 Å². The maximum atomic E-state index is 12.5. The van der Waals surface area contributed by atoms with Gasteiger partial charge in [-0.3, -0.25) is 19.2 Å². The molecule has 4 aromatic rings. The van der Waals surface area contributed by atoms with Crippen molar-refractivity contribution in [1.29, 1.82) is 0 Å². The molecule has 3 N–H and O–H groups in total. The molecule has 1 aliphatic heterocycles. The molecular weight excluding hydrogens is 470 g/mol. The van der Waals surface area contributed by atoms with Crippen LogP contribution in [0.15, 0.2) is 107 Å². The van der Waals surface area contributed by atoms with Crippen molar-refractivity contribution in [2.75, 3.05) is 6.61 Å². The zero-order chi connectivity index (χ0) is 25.8. The number of hydrogen-bond donors (Lipinski definition) is 2. The number of nitrogens with two attached hydrogens (primary N) is 1. The number of nitrogens with one attached hydrogen (secondary N) is 1. The maximum absolute atomic E-state index is 12.5. The molecule has 3 atom stereocenters. The Morgan fingerprint density at radius 1 is 0.919 bits per heavy atom. The number of aromatic amines is 1. The summed E-state index contributed by atoms with van der Waals surface area (Å²) in [5, 5.41) is 0. The lowest BCUT2D eigenvalue weighted by molar-refractivity contribution is -0.105. The van der Waals surface area contributed by atoms with E-state index in [1.54, 1.807) is 6.92 Å². The standard InChI is InChI=1S/C29H29N3O5/c1-20-18-32(28(34)31-27(20)33)26-17-24(37-30)25(36-26)19-35-29(21-11-5-2-6-12-21,22-13-7-3-8-14-22)23-15-9-4-10-16-23/h2-16,18,24-26H,17,19,30H2,1H3,(H,31,33,34)/t24-,25+,26+/m0/s1. The number of ether oxygens (including phenoxy) is 2. The van der Waals surface area contributed by atoms with Crippen LogP contribution < -0.4 is 17.1 Å². The molecule has 8 nitrogen and oxygen atoms in total. The van der Waals surface area contributed by atoms with E-state index in [0.29, 0.717) is 12.0 Å². The van der Waals surface area contributed by atoms with Crippen molar-refractivity contribution in [1.82, 2.24) is 9.55 Å². The molecule has 1 aliphatic rings. The van der Waals surface area contributed by atoms with Gasteiger partial charge < -0.3 is 9.47 Å². The molecule has 0 saturated carbocycles. The Balaban J connectivity index is 1.52. The molecule has 0 spiro atoms. The number of aryl methyl sites for hydroxylation is 1. The highest BCUT2D eigenvalue weighted by Gasteiger charge is 2.42. The molecule has 0 bridgehead atoms. The van der Waals surface area contributed by atoms with E-state index in [0.717, 1.165) is 16.7 Å². The average molecular weight is 500 g/mol. The van der Waals surface area contributed by atoms with Crippen LogP contribution in [0.3, 0.4) is 0 Å². The van der Waals surface area contributed by atoms with Gasteiger partial charge in [0.25, 0.3) is 5.56 Å². The highest BCUT2D eigenvalue weighted by molar-refractivity contribution is 5.47. The predicted octanol–water partition coefficient (Wildman–Crippen LogP) is 3.40. The Bertz CT molecular complexity index is 1340. The Kier molecular flexibility index (Phi) is 7.16. The van der Waals surface area contributed by atoms with Crippen LogP contribution in [0.4, 0.5) is 0 Å². The van der Waals surface area contributed by atoms with Crippen molar-refractivity contribution in [3.05, 3.63) is 140 Å². The van der Waals surface area contributed by atoms with Crippen molar-refractivity contribution < 1.29 is 14.3 Å². The van der Waals surface area contributed by atoms with Crippen molar-refractivity contribution in [3.8, 4) is 0 Å². The number of rotatable bonds is 8. The smallest absolute Gasteiger partial charge is 0.330 e. The summed E-state index contributed by atoms with van der Waals surface area (Å²) in [5.41, 5.74) is 1.37. The van der Waals surface area contributed by atoms with Crippen LogP contribution >= 0.6 is 0 Å². The van der Waals surface area contributed by atoms with Crippen molar-refractivity contribution in [2.45, 2.75) is 37.4 Å². The summed E-state index contributed by atoms with van der Waals surface area (Å²) >= 11 is 0. The fourth-order valence-electron chi connectivity index (χ4n) is 4.94. The SMILES string of the molecule is Cc1cn([C@H]2C[C@H](ON)[C@@H](COC(c3ccccc3)(c3ccccc3)c3ccccc3)O2)c(=O)[nH]c1=O. The van der Waals surface area contributed by atoms with Gasteiger partial charge in [-0.25, -0.2) is 10.7 Å². The fourth-order valence-corrected chi connectivity index (χ4v) is 4.94. The van der Waals surface area contributed by atoms with Crippen LogP contribution in [-0.4, -0.2) is 28.4 Å². The minimum Gasteiger partial charge on any atom is -0.358 e. The quantitative estimate of drug-likeness (QED) is 0.284. The molecule has 0 amide bonds. The van der Waals surface area contributed by atoms with Crippen LogP contribution in [0.25, 0.3) is 0 Å². The van der Waals surface area contributed by atoms with Crippen molar-refractivity contribution in [3.63, 3.8) is 0 Å². The topological polar surface area (TPSA) is 109 Å². The summed E-state index contributed by atoms with van der Waals surface area (Å²) in [5.74, 6) is 5.65. The first-order chi connectivity index (χ1) is 18.0. The highest BCUT2D eigenvalue weighted by atomic mass is 16.7. The number of nitrogens with zero attached hydrogens (tertiary/aromatic N) is 1. The summed E-state index contributed by atoms with van der Waals surface area (Å²) in [7, 11) is 0. The molecule has 0 radical (unpaired) electrons. The summed E-state index contributed by atoms with van der Waals surface area (Å²) in [6.07, 6.45) is 0.0639. The largest absolute Gasteiger partial charge is 0.358 e. The van der Waals surface area contributed by atoms with Crippen LogP contribution in [-0.2, 0) is 19.9 Å². The third-order valence-electron chi connectivity index (χ3n) is 6.82. The van der Waals surface area contributed by atoms with Gasteiger partial charge in [-0.1, -0.05) is 91.0 Å². The maximum Gasteiger partial charge on any atom is 0.330 e. The number of benzene rings is 3. The fraction of sp³-hybridized carbons (Fsp3) is 0.241. The number of aromatic nitrogens is 2. The zero-order valence-corrected chi connectivity index (χ0v) is 20.4. The van der Waals surface area contributed by atoms with Gasteiger partial charge in [-0.15, -0.1) is 0 Å².